The Kier molecular flexibility index (Phi) is 5.88. The van der Waals surface area contributed by atoms with Crippen LogP contribution in [0.25, 0.3) is 0 Å². The van der Waals surface area contributed by atoms with Gasteiger partial charge in [0.25, 0.3) is 0 Å². The van der Waals surface area contributed by atoms with Crippen LogP contribution in [0.5, 0.6) is 0 Å². The zero-order chi connectivity index (χ0) is 14.5. The highest BCUT2D eigenvalue weighted by Gasteiger charge is 2.13. The molecule has 3 N–H and O–H groups in total. The fourth-order valence-electron chi connectivity index (χ4n) is 1.58. The average molecular weight is 280 g/mol. The Labute approximate surface area is 120 Å². The van der Waals surface area contributed by atoms with Gasteiger partial charge < -0.3 is 11.1 Å². The zero-order valence-electron chi connectivity index (χ0n) is 12.2. The number of nitrogens with two attached hydrogens (primary N) is 1. The molecule has 0 aromatic heterocycles. The Morgan fingerprint density at radius 1 is 1.32 bits per heavy atom. The molecule has 1 rings (SSSR count). The second kappa shape index (κ2) is 6.96. The lowest BCUT2D eigenvalue weighted by molar-refractivity contribution is -0.119. The normalized spacial score (nSPS) is 13.1. The summed E-state index contributed by atoms with van der Waals surface area (Å²) in [6, 6.07) is 8.44. The standard InChI is InChI=1S/C15H24N2OS/c1-11(9-16)17-14(18)10-19-13-7-5-12(6-8-13)15(2,3)4/h5-8,11H,9-10,16H2,1-4H3,(H,17,18)/t11-/m0/s1. The molecule has 0 radical (unpaired) electrons. The molecule has 4 heteroatoms. The second-order valence-electron chi connectivity index (χ2n) is 5.77. The Morgan fingerprint density at radius 2 is 1.89 bits per heavy atom. The maximum atomic E-state index is 11.6. The summed E-state index contributed by atoms with van der Waals surface area (Å²) in [5.74, 6) is 0.460. The van der Waals surface area contributed by atoms with E-state index in [1.54, 1.807) is 11.8 Å². The molecule has 3 nitrogen and oxygen atoms in total. The summed E-state index contributed by atoms with van der Waals surface area (Å²) in [5.41, 5.74) is 6.93. The molecular formula is C15H24N2OS. The first-order valence-electron chi connectivity index (χ1n) is 6.55. The lowest BCUT2D eigenvalue weighted by Gasteiger charge is -2.19. The van der Waals surface area contributed by atoms with E-state index in [2.05, 4.69) is 50.4 Å². The molecule has 106 valence electrons. The summed E-state index contributed by atoms with van der Waals surface area (Å²) in [7, 11) is 0. The summed E-state index contributed by atoms with van der Waals surface area (Å²) in [5, 5.41) is 2.85. The van der Waals surface area contributed by atoms with E-state index in [-0.39, 0.29) is 17.4 Å². The van der Waals surface area contributed by atoms with Crippen LogP contribution in [0, 0.1) is 0 Å². The van der Waals surface area contributed by atoms with Crippen molar-refractivity contribution in [3.63, 3.8) is 0 Å². The Morgan fingerprint density at radius 3 is 2.37 bits per heavy atom. The van der Waals surface area contributed by atoms with Crippen LogP contribution in [-0.2, 0) is 10.2 Å². The molecule has 0 unspecified atom stereocenters. The summed E-state index contributed by atoms with van der Waals surface area (Å²) >= 11 is 1.55. The van der Waals surface area contributed by atoms with E-state index in [0.29, 0.717) is 12.3 Å². The minimum atomic E-state index is 0.0304. The van der Waals surface area contributed by atoms with Gasteiger partial charge >= 0.3 is 0 Å². The van der Waals surface area contributed by atoms with Crippen LogP contribution in [0.3, 0.4) is 0 Å². The average Bonchev–Trinajstić information content (AvgIpc) is 2.35. The maximum Gasteiger partial charge on any atom is 0.230 e. The number of nitrogens with one attached hydrogen (secondary N) is 1. The quantitative estimate of drug-likeness (QED) is 0.815. The fraction of sp³-hybridized carbons (Fsp3) is 0.533. The minimum Gasteiger partial charge on any atom is -0.352 e. The predicted molar refractivity (Wildman–Crippen MR) is 82.5 cm³/mol. The highest BCUT2D eigenvalue weighted by molar-refractivity contribution is 8.00. The van der Waals surface area contributed by atoms with Gasteiger partial charge in [0.2, 0.25) is 5.91 Å². The number of carbonyl (C=O) groups excluding carboxylic acids is 1. The van der Waals surface area contributed by atoms with Crippen molar-refractivity contribution in [2.45, 2.75) is 44.0 Å². The van der Waals surface area contributed by atoms with Gasteiger partial charge in [-0.1, -0.05) is 32.9 Å². The Hall–Kier alpha value is -1.00. The van der Waals surface area contributed by atoms with Gasteiger partial charge in [0.1, 0.15) is 0 Å². The Bertz CT molecular complexity index is 409. The molecule has 0 saturated heterocycles. The molecule has 1 aromatic rings. The first-order chi connectivity index (χ1) is 8.82. The molecule has 1 amide bonds. The smallest absolute Gasteiger partial charge is 0.230 e. The molecule has 19 heavy (non-hydrogen) atoms. The van der Waals surface area contributed by atoms with Crippen LogP contribution >= 0.6 is 11.8 Å². The molecule has 0 aliphatic rings. The van der Waals surface area contributed by atoms with Crippen molar-refractivity contribution >= 4 is 17.7 Å². The van der Waals surface area contributed by atoms with E-state index in [1.165, 1.54) is 5.56 Å². The summed E-state index contributed by atoms with van der Waals surface area (Å²) in [6.07, 6.45) is 0. The van der Waals surface area contributed by atoms with Gasteiger partial charge in [0.15, 0.2) is 0 Å². The third-order valence-electron chi connectivity index (χ3n) is 2.85. The zero-order valence-corrected chi connectivity index (χ0v) is 13.0. The molecule has 0 bridgehead atoms. The van der Waals surface area contributed by atoms with Crippen molar-refractivity contribution in [2.75, 3.05) is 12.3 Å². The molecule has 1 atom stereocenters. The van der Waals surface area contributed by atoms with Crippen molar-refractivity contribution in [2.24, 2.45) is 5.73 Å². The number of rotatable bonds is 5. The summed E-state index contributed by atoms with van der Waals surface area (Å²) < 4.78 is 0. The van der Waals surface area contributed by atoms with Crippen molar-refractivity contribution in [3.8, 4) is 0 Å². The van der Waals surface area contributed by atoms with E-state index < -0.39 is 0 Å². The number of thioether (sulfide) groups is 1. The van der Waals surface area contributed by atoms with Gasteiger partial charge in [-0.3, -0.25) is 4.79 Å². The van der Waals surface area contributed by atoms with E-state index in [1.807, 2.05) is 6.92 Å². The molecule has 0 fully saturated rings. The van der Waals surface area contributed by atoms with Crippen LogP contribution < -0.4 is 11.1 Å². The lowest BCUT2D eigenvalue weighted by Crippen LogP contribution is -2.38. The highest BCUT2D eigenvalue weighted by Crippen LogP contribution is 2.25. The Balaban J connectivity index is 2.48. The fourth-order valence-corrected chi connectivity index (χ4v) is 2.29. The number of carbonyl (C=O) groups is 1. The molecule has 0 aliphatic carbocycles. The highest BCUT2D eigenvalue weighted by atomic mass is 32.2. The van der Waals surface area contributed by atoms with Crippen molar-refractivity contribution in [1.82, 2.24) is 5.32 Å². The van der Waals surface area contributed by atoms with E-state index in [9.17, 15) is 4.79 Å². The van der Waals surface area contributed by atoms with Gasteiger partial charge in [-0.2, -0.15) is 0 Å². The SMILES string of the molecule is C[C@@H](CN)NC(=O)CSc1ccc(C(C)(C)C)cc1. The van der Waals surface area contributed by atoms with Crippen molar-refractivity contribution in [1.29, 1.82) is 0 Å². The molecule has 1 aromatic carbocycles. The second-order valence-corrected chi connectivity index (χ2v) is 6.82. The summed E-state index contributed by atoms with van der Waals surface area (Å²) in [6.45, 7) is 8.95. The van der Waals surface area contributed by atoms with Crippen molar-refractivity contribution in [3.05, 3.63) is 29.8 Å². The molecule has 0 spiro atoms. The molecule has 0 heterocycles. The largest absolute Gasteiger partial charge is 0.352 e. The number of hydrogen-bond acceptors (Lipinski definition) is 3. The molecular weight excluding hydrogens is 256 g/mol. The van der Waals surface area contributed by atoms with Crippen LogP contribution in [0.4, 0.5) is 0 Å². The first kappa shape index (κ1) is 16.1. The van der Waals surface area contributed by atoms with E-state index in [0.717, 1.165) is 4.90 Å². The number of amides is 1. The van der Waals surface area contributed by atoms with Crippen LogP contribution in [0.2, 0.25) is 0 Å². The van der Waals surface area contributed by atoms with E-state index in [4.69, 9.17) is 5.73 Å². The molecule has 0 saturated carbocycles. The van der Waals surface area contributed by atoms with Crippen LogP contribution in [0.15, 0.2) is 29.2 Å². The first-order valence-corrected chi connectivity index (χ1v) is 7.54. The topological polar surface area (TPSA) is 55.1 Å². The van der Waals surface area contributed by atoms with E-state index >= 15 is 0 Å². The minimum absolute atomic E-state index is 0.0304. The third-order valence-corrected chi connectivity index (χ3v) is 3.86. The third kappa shape index (κ3) is 5.66. The maximum absolute atomic E-state index is 11.6. The van der Waals surface area contributed by atoms with Gasteiger partial charge in [-0.15, -0.1) is 11.8 Å². The number of hydrogen-bond donors (Lipinski definition) is 2. The van der Waals surface area contributed by atoms with Gasteiger partial charge in [-0.25, -0.2) is 0 Å². The van der Waals surface area contributed by atoms with Gasteiger partial charge in [-0.05, 0) is 30.0 Å². The van der Waals surface area contributed by atoms with Crippen LogP contribution in [0.1, 0.15) is 33.3 Å². The number of benzene rings is 1. The summed E-state index contributed by atoms with van der Waals surface area (Å²) in [4.78, 5) is 12.7. The monoisotopic (exact) mass is 280 g/mol. The van der Waals surface area contributed by atoms with Gasteiger partial charge in [0, 0.05) is 17.5 Å². The lowest BCUT2D eigenvalue weighted by atomic mass is 9.87. The molecule has 0 aliphatic heterocycles. The van der Waals surface area contributed by atoms with Gasteiger partial charge in [0.05, 0.1) is 5.75 Å². The van der Waals surface area contributed by atoms with Crippen LogP contribution in [-0.4, -0.2) is 24.2 Å². The predicted octanol–water partition coefficient (Wildman–Crippen LogP) is 2.54. The van der Waals surface area contributed by atoms with Crippen molar-refractivity contribution < 1.29 is 4.79 Å².